The van der Waals surface area contributed by atoms with Gasteiger partial charge in [-0.05, 0) is 36.6 Å². The molecule has 142 valence electrons. The van der Waals surface area contributed by atoms with Gasteiger partial charge in [0.05, 0.1) is 6.20 Å². The molecule has 1 aromatic carbocycles. The third-order valence-electron chi connectivity index (χ3n) is 4.25. The minimum absolute atomic E-state index is 0.223. The number of rotatable bonds is 8. The first-order chi connectivity index (χ1) is 13.0. The summed E-state index contributed by atoms with van der Waals surface area (Å²) in [4.78, 5) is 12.2. The van der Waals surface area contributed by atoms with Crippen LogP contribution in [0.4, 0.5) is 0 Å². The molecule has 0 atom stereocenters. The van der Waals surface area contributed by atoms with Gasteiger partial charge in [0.25, 0.3) is 5.91 Å². The molecule has 1 N–H and O–H groups in total. The summed E-state index contributed by atoms with van der Waals surface area (Å²) in [6.45, 7) is 7.80. The van der Waals surface area contributed by atoms with Crippen LogP contribution in [-0.2, 0) is 19.8 Å². The molecule has 2 aromatic heterocycles. The van der Waals surface area contributed by atoms with Crippen LogP contribution in [0.1, 0.15) is 48.3 Å². The zero-order valence-corrected chi connectivity index (χ0v) is 15.9. The van der Waals surface area contributed by atoms with Gasteiger partial charge < -0.3 is 10.1 Å². The largest absolute Gasteiger partial charge is 0.471 e. The number of aryl methyl sites for hydroxylation is 1. The van der Waals surface area contributed by atoms with E-state index in [1.54, 1.807) is 23.1 Å². The lowest BCUT2D eigenvalue weighted by molar-refractivity contribution is 0.0944. The Kier molecular flexibility index (Phi) is 5.90. The number of nitrogens with zero attached hydrogens (tertiary/aromatic N) is 4. The summed E-state index contributed by atoms with van der Waals surface area (Å²) in [5.41, 5.74) is 2.58. The molecule has 3 rings (SSSR count). The van der Waals surface area contributed by atoms with Crippen LogP contribution in [0.3, 0.4) is 0 Å². The van der Waals surface area contributed by atoms with E-state index in [4.69, 9.17) is 4.74 Å². The summed E-state index contributed by atoms with van der Waals surface area (Å²) in [5.74, 6) is 1.04. The quantitative estimate of drug-likeness (QED) is 0.663. The lowest BCUT2D eigenvalue weighted by Crippen LogP contribution is -2.23. The van der Waals surface area contributed by atoms with E-state index in [1.807, 2.05) is 29.9 Å². The molecule has 7 nitrogen and oxygen atoms in total. The zero-order valence-electron chi connectivity index (χ0n) is 15.9. The first-order valence-corrected chi connectivity index (χ1v) is 9.11. The average molecular weight is 367 g/mol. The number of nitrogens with one attached hydrogen (secondary N) is 1. The van der Waals surface area contributed by atoms with Gasteiger partial charge in [-0.3, -0.25) is 9.48 Å². The van der Waals surface area contributed by atoms with E-state index in [2.05, 4.69) is 41.5 Å². The van der Waals surface area contributed by atoms with Crippen molar-refractivity contribution < 1.29 is 9.53 Å². The number of ether oxygens (including phenoxy) is 1. The molecule has 0 saturated heterocycles. The highest BCUT2D eigenvalue weighted by Gasteiger charge is 2.10. The molecule has 2 heterocycles. The molecule has 0 unspecified atom stereocenters. The van der Waals surface area contributed by atoms with Crippen molar-refractivity contribution in [3.05, 3.63) is 65.7 Å². The maximum Gasteiger partial charge on any atom is 0.272 e. The minimum atomic E-state index is -0.223. The number of hydrogen-bond acceptors (Lipinski definition) is 4. The second-order valence-corrected chi connectivity index (χ2v) is 6.62. The maximum absolute atomic E-state index is 12.2. The van der Waals surface area contributed by atoms with E-state index < -0.39 is 0 Å². The van der Waals surface area contributed by atoms with E-state index in [0.29, 0.717) is 18.2 Å². The number of carbonyl (C=O) groups excluding carboxylic acids is 1. The minimum Gasteiger partial charge on any atom is -0.471 e. The van der Waals surface area contributed by atoms with Crippen molar-refractivity contribution in [2.75, 3.05) is 0 Å². The van der Waals surface area contributed by atoms with Crippen LogP contribution in [0.25, 0.3) is 0 Å². The van der Waals surface area contributed by atoms with Crippen LogP contribution < -0.4 is 10.1 Å². The highest BCUT2D eigenvalue weighted by molar-refractivity contribution is 5.92. The molecule has 0 aliphatic carbocycles. The second kappa shape index (κ2) is 8.53. The van der Waals surface area contributed by atoms with E-state index >= 15 is 0 Å². The molecule has 0 saturated carbocycles. The monoisotopic (exact) mass is 367 g/mol. The first kappa shape index (κ1) is 18.7. The van der Waals surface area contributed by atoms with Gasteiger partial charge in [-0.2, -0.15) is 10.2 Å². The number of aromatic nitrogens is 4. The van der Waals surface area contributed by atoms with Crippen molar-refractivity contribution in [3.8, 4) is 5.75 Å². The molecule has 0 fully saturated rings. The molecule has 7 heteroatoms. The number of amides is 1. The molecule has 1 amide bonds. The second-order valence-electron chi connectivity index (χ2n) is 6.62. The Bertz CT molecular complexity index is 880. The van der Waals surface area contributed by atoms with E-state index in [1.165, 1.54) is 5.56 Å². The van der Waals surface area contributed by atoms with Crippen LogP contribution in [0.5, 0.6) is 5.75 Å². The SMILES string of the molecule is CCn1cc(CNC(=O)c2ccn(COc3ccc(C(C)C)cc3)n2)cn1. The zero-order chi connectivity index (χ0) is 19.2. The smallest absolute Gasteiger partial charge is 0.272 e. The van der Waals surface area contributed by atoms with Crippen molar-refractivity contribution in [2.24, 2.45) is 0 Å². The third kappa shape index (κ3) is 4.97. The predicted molar refractivity (Wildman–Crippen MR) is 102 cm³/mol. The summed E-state index contributed by atoms with van der Waals surface area (Å²) in [7, 11) is 0. The highest BCUT2D eigenvalue weighted by Crippen LogP contribution is 2.18. The van der Waals surface area contributed by atoms with Crippen LogP contribution in [0.15, 0.2) is 48.9 Å². The van der Waals surface area contributed by atoms with E-state index in [9.17, 15) is 4.79 Å². The molecular formula is C20H25N5O2. The van der Waals surface area contributed by atoms with Gasteiger partial charge in [-0.1, -0.05) is 26.0 Å². The van der Waals surface area contributed by atoms with Crippen molar-refractivity contribution in [1.29, 1.82) is 0 Å². The van der Waals surface area contributed by atoms with Crippen LogP contribution in [0, 0.1) is 0 Å². The lowest BCUT2D eigenvalue weighted by Gasteiger charge is -2.09. The molecule has 0 spiro atoms. The first-order valence-electron chi connectivity index (χ1n) is 9.11. The standard InChI is InChI=1S/C20H25N5O2/c1-4-24-13-16(12-22-24)11-21-20(26)19-9-10-25(23-19)14-27-18-7-5-17(6-8-18)15(2)3/h5-10,12-13,15H,4,11,14H2,1-3H3,(H,21,26). The summed E-state index contributed by atoms with van der Waals surface area (Å²) < 4.78 is 9.14. The van der Waals surface area contributed by atoms with Gasteiger partial charge in [0.2, 0.25) is 0 Å². The average Bonchev–Trinajstić information content (AvgIpc) is 3.34. The number of hydrogen-bond donors (Lipinski definition) is 1. The summed E-state index contributed by atoms with van der Waals surface area (Å²) >= 11 is 0. The van der Waals surface area contributed by atoms with E-state index in [0.717, 1.165) is 17.9 Å². The molecule has 0 aliphatic heterocycles. The Balaban J connectivity index is 1.50. The topological polar surface area (TPSA) is 74.0 Å². The Morgan fingerprint density at radius 3 is 2.63 bits per heavy atom. The normalized spacial score (nSPS) is 11.0. The highest BCUT2D eigenvalue weighted by atomic mass is 16.5. The Morgan fingerprint density at radius 1 is 1.19 bits per heavy atom. The maximum atomic E-state index is 12.2. The van der Waals surface area contributed by atoms with Gasteiger partial charge in [0.15, 0.2) is 6.73 Å². The van der Waals surface area contributed by atoms with Crippen molar-refractivity contribution in [3.63, 3.8) is 0 Å². The summed E-state index contributed by atoms with van der Waals surface area (Å²) in [6, 6.07) is 9.69. The van der Waals surface area contributed by atoms with Crippen molar-refractivity contribution in [1.82, 2.24) is 24.9 Å². The van der Waals surface area contributed by atoms with Gasteiger partial charge in [0, 0.05) is 31.0 Å². The van der Waals surface area contributed by atoms with Crippen LogP contribution in [0.2, 0.25) is 0 Å². The van der Waals surface area contributed by atoms with Crippen molar-refractivity contribution >= 4 is 5.91 Å². The Morgan fingerprint density at radius 2 is 1.96 bits per heavy atom. The molecular weight excluding hydrogens is 342 g/mol. The molecule has 0 aliphatic rings. The molecule has 3 aromatic rings. The van der Waals surface area contributed by atoms with Gasteiger partial charge in [-0.25, -0.2) is 4.68 Å². The predicted octanol–water partition coefficient (Wildman–Crippen LogP) is 3.19. The van der Waals surface area contributed by atoms with Gasteiger partial charge in [-0.15, -0.1) is 0 Å². The van der Waals surface area contributed by atoms with Crippen LogP contribution in [-0.4, -0.2) is 25.5 Å². The number of carbonyl (C=O) groups is 1. The fraction of sp³-hybridized carbons (Fsp3) is 0.350. The molecule has 27 heavy (non-hydrogen) atoms. The molecule has 0 radical (unpaired) electrons. The Hall–Kier alpha value is -3.09. The van der Waals surface area contributed by atoms with Gasteiger partial charge >= 0.3 is 0 Å². The summed E-state index contributed by atoms with van der Waals surface area (Å²) in [6.07, 6.45) is 5.39. The van der Waals surface area contributed by atoms with Gasteiger partial charge in [0.1, 0.15) is 11.4 Å². The number of benzene rings is 1. The van der Waals surface area contributed by atoms with Crippen molar-refractivity contribution in [2.45, 2.75) is 46.5 Å². The summed E-state index contributed by atoms with van der Waals surface area (Å²) in [5, 5.41) is 11.3. The fourth-order valence-corrected chi connectivity index (χ4v) is 2.59. The molecule has 0 bridgehead atoms. The Labute approximate surface area is 159 Å². The third-order valence-corrected chi connectivity index (χ3v) is 4.25. The van der Waals surface area contributed by atoms with Crippen LogP contribution >= 0.6 is 0 Å². The van der Waals surface area contributed by atoms with E-state index in [-0.39, 0.29) is 12.6 Å². The fourth-order valence-electron chi connectivity index (χ4n) is 2.59. The lowest BCUT2D eigenvalue weighted by atomic mass is 10.0.